The number of nitrogens with zero attached hydrogens (tertiary/aromatic N) is 3. The lowest BCUT2D eigenvalue weighted by atomic mass is 10.3. The number of aromatic nitrogens is 2. The highest BCUT2D eigenvalue weighted by atomic mass is 32.2. The predicted molar refractivity (Wildman–Crippen MR) is 91.9 cm³/mol. The summed E-state index contributed by atoms with van der Waals surface area (Å²) in [5, 5.41) is 4.25. The van der Waals surface area contributed by atoms with Crippen molar-refractivity contribution in [2.45, 2.75) is 13.8 Å². The molecule has 0 saturated carbocycles. The summed E-state index contributed by atoms with van der Waals surface area (Å²) in [7, 11) is -3.35. The van der Waals surface area contributed by atoms with Gasteiger partial charge in [-0.15, -0.1) is 4.24 Å². The molecule has 3 rings (SSSR count). The van der Waals surface area contributed by atoms with Gasteiger partial charge in [-0.3, -0.25) is 0 Å². The molecule has 0 saturated heterocycles. The van der Waals surface area contributed by atoms with E-state index in [1.54, 1.807) is 29.5 Å². The summed E-state index contributed by atoms with van der Waals surface area (Å²) in [5.41, 5.74) is 2.24. The monoisotopic (exact) mass is 351 g/mol. The SMILES string of the molecule is C=[n+]1cc(C)cc2[n-]c(=C3[N-]C=CC=C3S(=O)(=O)CC)[s+]c21.O. The second kappa shape index (κ2) is 6.23. The van der Waals surface area contributed by atoms with Gasteiger partial charge in [0.25, 0.3) is 11.3 Å². The fraction of sp³-hybridized carbons (Fsp3) is 0.200. The number of hydrogen-bond acceptors (Lipinski definition) is 2. The molecular formula is C15H17N3O3S2. The normalized spacial score (nSPS) is 16.7. The molecule has 8 heteroatoms. The summed E-state index contributed by atoms with van der Waals surface area (Å²) >= 11 is 1.39. The molecule has 0 spiro atoms. The Labute approximate surface area is 138 Å². The van der Waals surface area contributed by atoms with Crippen molar-refractivity contribution in [2.24, 2.45) is 0 Å². The van der Waals surface area contributed by atoms with Crippen molar-refractivity contribution in [3.05, 3.63) is 57.8 Å². The van der Waals surface area contributed by atoms with Crippen molar-refractivity contribution in [1.82, 2.24) is 4.98 Å². The molecule has 23 heavy (non-hydrogen) atoms. The van der Waals surface area contributed by atoms with Gasteiger partial charge >= 0.3 is 4.83 Å². The van der Waals surface area contributed by atoms with Crippen molar-refractivity contribution in [2.75, 3.05) is 5.75 Å². The molecule has 1 aliphatic rings. The minimum atomic E-state index is -3.35. The quantitative estimate of drug-likeness (QED) is 0.593. The Kier molecular flexibility index (Phi) is 4.69. The zero-order chi connectivity index (χ0) is 15.9. The predicted octanol–water partition coefficient (Wildman–Crippen LogP) is 0.878. The second-order valence-electron chi connectivity index (χ2n) is 4.95. The molecule has 2 aromatic rings. The van der Waals surface area contributed by atoms with Crippen LogP contribution in [0.5, 0.6) is 0 Å². The number of hydrogen-bond donors (Lipinski definition) is 0. The maximum atomic E-state index is 12.3. The summed E-state index contributed by atoms with van der Waals surface area (Å²) < 4.78 is 26.8. The molecule has 0 amide bonds. The topological polar surface area (TPSA) is 99.7 Å². The van der Waals surface area contributed by atoms with E-state index in [9.17, 15) is 8.42 Å². The first-order valence-electron chi connectivity index (χ1n) is 6.74. The number of aryl methyl sites for hydroxylation is 1. The first kappa shape index (κ1) is 17.3. The molecule has 122 valence electrons. The van der Waals surface area contributed by atoms with Crippen molar-refractivity contribution < 1.29 is 18.1 Å². The van der Waals surface area contributed by atoms with Crippen LogP contribution >= 0.6 is 11.3 Å². The minimum Gasteiger partial charge on any atom is -0.660 e. The number of thiazole rings is 1. The van der Waals surface area contributed by atoms with Crippen LogP contribution in [0, 0.1) is 13.6 Å². The Morgan fingerprint density at radius 2 is 2.13 bits per heavy atom. The number of allylic oxidation sites excluding steroid dienone is 2. The summed E-state index contributed by atoms with van der Waals surface area (Å²) in [4.78, 5) is 5.65. The third-order valence-corrected chi connectivity index (χ3v) is 6.18. The zero-order valence-electron chi connectivity index (χ0n) is 12.8. The maximum Gasteiger partial charge on any atom is 0.448 e. The zero-order valence-corrected chi connectivity index (χ0v) is 14.4. The van der Waals surface area contributed by atoms with Crippen molar-refractivity contribution in [1.29, 1.82) is 0 Å². The van der Waals surface area contributed by atoms with Crippen molar-refractivity contribution in [3.63, 3.8) is 0 Å². The first-order chi connectivity index (χ1) is 10.4. The number of rotatable bonds is 2. The Morgan fingerprint density at radius 3 is 2.83 bits per heavy atom. The van der Waals surface area contributed by atoms with Gasteiger partial charge in [-0.05, 0) is 13.0 Å². The van der Waals surface area contributed by atoms with Gasteiger partial charge in [-0.1, -0.05) is 24.8 Å². The molecule has 1 aliphatic heterocycles. The summed E-state index contributed by atoms with van der Waals surface area (Å²) in [6, 6.07) is 1.95. The van der Waals surface area contributed by atoms with E-state index in [0.717, 1.165) is 15.9 Å². The third kappa shape index (κ3) is 3.05. The van der Waals surface area contributed by atoms with E-state index in [2.05, 4.69) is 17.0 Å². The van der Waals surface area contributed by atoms with Crippen LogP contribution in [0.2, 0.25) is 0 Å². The molecule has 6 nitrogen and oxygen atoms in total. The first-order valence-corrected chi connectivity index (χ1v) is 9.21. The van der Waals surface area contributed by atoms with Gasteiger partial charge in [0.1, 0.15) is 11.4 Å². The summed E-state index contributed by atoms with van der Waals surface area (Å²) in [5.74, 6) is 0.0328. The average molecular weight is 351 g/mol. The van der Waals surface area contributed by atoms with Gasteiger partial charge in [-0.2, -0.15) is 6.20 Å². The Morgan fingerprint density at radius 1 is 1.39 bits per heavy atom. The van der Waals surface area contributed by atoms with Gasteiger partial charge in [0.2, 0.25) is 0 Å². The smallest absolute Gasteiger partial charge is 0.448 e. The molecule has 0 bridgehead atoms. The number of pyridine rings is 1. The van der Waals surface area contributed by atoms with Gasteiger partial charge in [-0.25, -0.2) is 8.42 Å². The van der Waals surface area contributed by atoms with Gasteiger partial charge in [0.05, 0.1) is 10.7 Å². The van der Waals surface area contributed by atoms with Crippen LogP contribution in [-0.4, -0.2) is 19.6 Å². The molecule has 0 radical (unpaired) electrons. The van der Waals surface area contributed by atoms with Crippen LogP contribution in [0.1, 0.15) is 12.5 Å². The number of sulfone groups is 1. The fourth-order valence-electron chi connectivity index (χ4n) is 2.24. The standard InChI is InChI=1S/C15H15N3O2S2.H2O/c1-4-22(19,20)12-6-5-7-16-13(12)14-17-11-8-10(2)9-18(3)15(11)21-14;/h5-9H,3-4H2,1-2H3;1H2. The maximum absolute atomic E-state index is 12.3. The van der Waals surface area contributed by atoms with E-state index < -0.39 is 9.84 Å². The molecule has 0 fully saturated rings. The van der Waals surface area contributed by atoms with E-state index in [1.165, 1.54) is 11.3 Å². The van der Waals surface area contributed by atoms with Crippen molar-refractivity contribution >= 4 is 37.2 Å². The van der Waals surface area contributed by atoms with Crippen LogP contribution in [-0.2, 0) is 9.84 Å². The third-order valence-electron chi connectivity index (χ3n) is 3.31. The number of fused-ring (bicyclic) bond motifs is 1. The molecule has 2 N–H and O–H groups in total. The lowest BCUT2D eigenvalue weighted by Gasteiger charge is -2.25. The molecule has 0 aromatic carbocycles. The Balaban J connectivity index is 0.00000192. The van der Waals surface area contributed by atoms with E-state index in [4.69, 9.17) is 0 Å². The average Bonchev–Trinajstić information content (AvgIpc) is 2.91. The Hall–Kier alpha value is -2.03. The van der Waals surface area contributed by atoms with Crippen LogP contribution < -0.4 is 13.9 Å². The minimum absolute atomic E-state index is 0. The highest BCUT2D eigenvalue weighted by molar-refractivity contribution is 7.95. The van der Waals surface area contributed by atoms with Gasteiger partial charge < -0.3 is 15.8 Å². The second-order valence-corrected chi connectivity index (χ2v) is 8.17. The molecule has 3 heterocycles. The summed E-state index contributed by atoms with van der Waals surface area (Å²) in [6.07, 6.45) is 6.70. The van der Waals surface area contributed by atoms with E-state index in [0.29, 0.717) is 10.4 Å². The molecule has 0 unspecified atom stereocenters. The fourth-order valence-corrected chi connectivity index (χ4v) is 4.31. The van der Waals surface area contributed by atoms with E-state index >= 15 is 0 Å². The summed E-state index contributed by atoms with van der Waals surface area (Å²) in [6.45, 7) is 7.54. The molecule has 2 aromatic heterocycles. The van der Waals surface area contributed by atoms with E-state index in [-0.39, 0.29) is 16.1 Å². The van der Waals surface area contributed by atoms with Crippen LogP contribution in [0.4, 0.5) is 0 Å². The highest BCUT2D eigenvalue weighted by Crippen LogP contribution is 2.28. The molecular weight excluding hydrogens is 334 g/mol. The van der Waals surface area contributed by atoms with Gasteiger partial charge in [0.15, 0.2) is 16.0 Å². The lowest BCUT2D eigenvalue weighted by molar-refractivity contribution is -0.465. The molecule has 0 atom stereocenters. The van der Waals surface area contributed by atoms with Crippen LogP contribution in [0.3, 0.4) is 0 Å². The largest absolute Gasteiger partial charge is 0.660 e. The highest BCUT2D eigenvalue weighted by Gasteiger charge is 2.19. The van der Waals surface area contributed by atoms with Gasteiger partial charge in [0, 0.05) is 11.1 Å². The van der Waals surface area contributed by atoms with Crippen LogP contribution in [0.15, 0.2) is 35.5 Å². The van der Waals surface area contributed by atoms with E-state index in [1.807, 2.05) is 19.2 Å². The van der Waals surface area contributed by atoms with Crippen molar-refractivity contribution in [3.8, 4) is 0 Å². The lowest BCUT2D eigenvalue weighted by Crippen LogP contribution is -2.15. The van der Waals surface area contributed by atoms with Crippen LogP contribution in [0.25, 0.3) is 21.4 Å². The molecule has 0 aliphatic carbocycles. The Bertz CT molecular complexity index is 1030.